The molecule has 0 aliphatic heterocycles. The zero-order valence-electron chi connectivity index (χ0n) is 7.55. The molecule has 0 spiro atoms. The Kier molecular flexibility index (Phi) is 2.88. The second-order valence-electron chi connectivity index (χ2n) is 2.82. The highest BCUT2D eigenvalue weighted by molar-refractivity contribution is 9.10. The van der Waals surface area contributed by atoms with Gasteiger partial charge in [-0.1, -0.05) is 21.0 Å². The minimum atomic E-state index is -0.508. The first-order valence-corrected chi connectivity index (χ1v) is 5.18. The normalized spacial score (nSPS) is 10.4. The third-order valence-electron chi connectivity index (χ3n) is 1.74. The number of aromatic nitrogens is 2. The molecule has 0 aliphatic carbocycles. The molecule has 6 nitrogen and oxygen atoms in total. The standard InChI is InChI=1S/C8H3BrClN3O3/c9-5-1-4(2-6(3-5)13(14)15)7-11-12-8(10)16-7/h1-3H. The predicted octanol–water partition coefficient (Wildman–Crippen LogP) is 3.06. The fourth-order valence-electron chi connectivity index (χ4n) is 1.13. The molecule has 0 amide bonds. The molecule has 1 heterocycles. The Bertz CT molecular complexity index is 557. The molecule has 1 aromatic heterocycles. The number of rotatable bonds is 2. The van der Waals surface area contributed by atoms with E-state index in [4.69, 9.17) is 16.0 Å². The molecule has 1 aromatic carbocycles. The van der Waals surface area contributed by atoms with Crippen LogP contribution < -0.4 is 0 Å². The lowest BCUT2D eigenvalue weighted by Crippen LogP contribution is -1.89. The Morgan fingerprint density at radius 3 is 2.69 bits per heavy atom. The van der Waals surface area contributed by atoms with Gasteiger partial charge in [0.2, 0.25) is 5.89 Å². The van der Waals surface area contributed by atoms with Crippen molar-refractivity contribution >= 4 is 33.2 Å². The van der Waals surface area contributed by atoms with Gasteiger partial charge in [-0.3, -0.25) is 10.1 Å². The molecule has 2 rings (SSSR count). The number of non-ortho nitro benzene ring substituents is 1. The van der Waals surface area contributed by atoms with Gasteiger partial charge < -0.3 is 4.42 Å². The Morgan fingerprint density at radius 2 is 2.12 bits per heavy atom. The summed E-state index contributed by atoms with van der Waals surface area (Å²) in [5.74, 6) is 0.134. The van der Waals surface area contributed by atoms with E-state index >= 15 is 0 Å². The van der Waals surface area contributed by atoms with E-state index in [1.54, 1.807) is 6.07 Å². The fraction of sp³-hybridized carbons (Fsp3) is 0. The summed E-state index contributed by atoms with van der Waals surface area (Å²) in [6.07, 6.45) is 0. The van der Waals surface area contributed by atoms with Gasteiger partial charge in [0.25, 0.3) is 5.69 Å². The molecule has 0 bridgehead atoms. The average Bonchev–Trinajstić information content (AvgIpc) is 2.64. The third-order valence-corrected chi connectivity index (χ3v) is 2.35. The number of benzene rings is 1. The van der Waals surface area contributed by atoms with Crippen LogP contribution in [-0.2, 0) is 0 Å². The first kappa shape index (κ1) is 11.0. The van der Waals surface area contributed by atoms with Gasteiger partial charge in [0.1, 0.15) is 0 Å². The van der Waals surface area contributed by atoms with Crippen molar-refractivity contribution in [2.75, 3.05) is 0 Å². The van der Waals surface area contributed by atoms with E-state index in [-0.39, 0.29) is 16.9 Å². The third kappa shape index (κ3) is 2.20. The Morgan fingerprint density at radius 1 is 1.38 bits per heavy atom. The van der Waals surface area contributed by atoms with Gasteiger partial charge in [0.15, 0.2) is 0 Å². The Hall–Kier alpha value is -1.47. The van der Waals surface area contributed by atoms with Crippen LogP contribution in [0.1, 0.15) is 0 Å². The monoisotopic (exact) mass is 303 g/mol. The summed E-state index contributed by atoms with van der Waals surface area (Å²) >= 11 is 8.62. The number of nitrogens with zero attached hydrogens (tertiary/aromatic N) is 3. The van der Waals surface area contributed by atoms with Crippen molar-refractivity contribution in [2.45, 2.75) is 0 Å². The minimum Gasteiger partial charge on any atom is -0.407 e. The van der Waals surface area contributed by atoms with Gasteiger partial charge in [-0.2, -0.15) is 0 Å². The summed E-state index contributed by atoms with van der Waals surface area (Å²) in [4.78, 5) is 10.1. The first-order chi connectivity index (χ1) is 7.56. The molecule has 0 saturated carbocycles. The van der Waals surface area contributed by atoms with E-state index in [1.165, 1.54) is 12.1 Å². The topological polar surface area (TPSA) is 82.1 Å². The highest BCUT2D eigenvalue weighted by Crippen LogP contribution is 2.28. The van der Waals surface area contributed by atoms with Crippen molar-refractivity contribution in [1.29, 1.82) is 0 Å². The quantitative estimate of drug-likeness (QED) is 0.629. The van der Waals surface area contributed by atoms with Crippen LogP contribution in [0.4, 0.5) is 5.69 Å². The smallest absolute Gasteiger partial charge is 0.313 e. The SMILES string of the molecule is O=[N+]([O-])c1cc(Br)cc(-c2nnc(Cl)o2)c1. The van der Waals surface area contributed by atoms with Crippen LogP contribution in [0.3, 0.4) is 0 Å². The highest BCUT2D eigenvalue weighted by atomic mass is 79.9. The van der Waals surface area contributed by atoms with E-state index < -0.39 is 4.92 Å². The summed E-state index contributed by atoms with van der Waals surface area (Å²) in [6.45, 7) is 0. The van der Waals surface area contributed by atoms with Crippen molar-refractivity contribution < 1.29 is 9.34 Å². The fourth-order valence-corrected chi connectivity index (χ4v) is 1.72. The van der Waals surface area contributed by atoms with E-state index in [1.807, 2.05) is 0 Å². The molecule has 16 heavy (non-hydrogen) atoms. The van der Waals surface area contributed by atoms with E-state index in [0.29, 0.717) is 10.0 Å². The summed E-state index contributed by atoms with van der Waals surface area (Å²) in [7, 11) is 0. The van der Waals surface area contributed by atoms with Crippen LogP contribution in [0, 0.1) is 10.1 Å². The first-order valence-electron chi connectivity index (χ1n) is 4.00. The van der Waals surface area contributed by atoms with Gasteiger partial charge in [0, 0.05) is 22.2 Å². The van der Waals surface area contributed by atoms with E-state index in [2.05, 4.69) is 26.1 Å². The lowest BCUT2D eigenvalue weighted by molar-refractivity contribution is -0.384. The second-order valence-corrected chi connectivity index (χ2v) is 4.05. The summed E-state index contributed by atoms with van der Waals surface area (Å²) in [5.41, 5.74) is 0.360. The molecular weight excluding hydrogens is 301 g/mol. The lowest BCUT2D eigenvalue weighted by atomic mass is 10.2. The van der Waals surface area contributed by atoms with Gasteiger partial charge >= 0.3 is 5.35 Å². The van der Waals surface area contributed by atoms with Gasteiger partial charge in [-0.25, -0.2) is 0 Å². The van der Waals surface area contributed by atoms with Crippen molar-refractivity contribution in [1.82, 2.24) is 10.2 Å². The Balaban J connectivity index is 2.53. The average molecular weight is 304 g/mol. The van der Waals surface area contributed by atoms with Gasteiger partial charge in [-0.05, 0) is 17.7 Å². The maximum Gasteiger partial charge on any atom is 0.313 e. The van der Waals surface area contributed by atoms with Crippen molar-refractivity contribution in [3.8, 4) is 11.5 Å². The maximum absolute atomic E-state index is 10.6. The molecule has 0 unspecified atom stereocenters. The largest absolute Gasteiger partial charge is 0.407 e. The highest BCUT2D eigenvalue weighted by Gasteiger charge is 2.13. The molecule has 0 atom stereocenters. The molecular formula is C8H3BrClN3O3. The maximum atomic E-state index is 10.6. The zero-order valence-corrected chi connectivity index (χ0v) is 9.90. The molecule has 0 aliphatic rings. The van der Waals surface area contributed by atoms with Crippen LogP contribution in [0.15, 0.2) is 27.1 Å². The van der Waals surface area contributed by atoms with Gasteiger partial charge in [0.05, 0.1) is 4.92 Å². The summed E-state index contributed by atoms with van der Waals surface area (Å²) < 4.78 is 5.51. The van der Waals surface area contributed by atoms with Crippen molar-refractivity contribution in [3.63, 3.8) is 0 Å². The molecule has 8 heteroatoms. The second kappa shape index (κ2) is 4.18. The van der Waals surface area contributed by atoms with Crippen LogP contribution in [0.25, 0.3) is 11.5 Å². The predicted molar refractivity (Wildman–Crippen MR) is 59.1 cm³/mol. The van der Waals surface area contributed by atoms with Crippen LogP contribution in [0.5, 0.6) is 0 Å². The molecule has 0 radical (unpaired) electrons. The minimum absolute atomic E-state index is 0.0707. The number of hydrogen-bond donors (Lipinski definition) is 0. The van der Waals surface area contributed by atoms with Gasteiger partial charge in [-0.15, -0.1) is 5.10 Å². The number of halogens is 2. The lowest BCUT2D eigenvalue weighted by Gasteiger charge is -1.97. The number of hydrogen-bond acceptors (Lipinski definition) is 5. The molecule has 82 valence electrons. The summed E-state index contributed by atoms with van der Waals surface area (Å²) in [6, 6.07) is 4.33. The van der Waals surface area contributed by atoms with Crippen LogP contribution >= 0.6 is 27.5 Å². The van der Waals surface area contributed by atoms with E-state index in [9.17, 15) is 10.1 Å². The zero-order chi connectivity index (χ0) is 11.7. The molecule has 0 N–H and O–H groups in total. The molecule has 2 aromatic rings. The molecule has 0 fully saturated rings. The van der Waals surface area contributed by atoms with Crippen LogP contribution in [-0.4, -0.2) is 15.1 Å². The Labute approximate surface area is 103 Å². The van der Waals surface area contributed by atoms with Crippen molar-refractivity contribution in [2.24, 2.45) is 0 Å². The van der Waals surface area contributed by atoms with E-state index in [0.717, 1.165) is 0 Å². The summed E-state index contributed by atoms with van der Waals surface area (Å²) in [5, 5.41) is 17.6. The number of nitro groups is 1. The van der Waals surface area contributed by atoms with Crippen LogP contribution in [0.2, 0.25) is 5.35 Å². The molecule has 0 saturated heterocycles. The number of nitro benzene ring substituents is 1. The van der Waals surface area contributed by atoms with Crippen molar-refractivity contribution in [3.05, 3.63) is 38.1 Å².